The summed E-state index contributed by atoms with van der Waals surface area (Å²) >= 11 is 0. The average Bonchev–Trinajstić information content (AvgIpc) is 2.84. The van der Waals surface area contributed by atoms with Crippen LogP contribution in [0.3, 0.4) is 0 Å². The maximum Gasteiger partial charge on any atom is 0.329 e. The molecule has 6 heteroatoms. The van der Waals surface area contributed by atoms with Crippen LogP contribution in [0.25, 0.3) is 0 Å². The topological polar surface area (TPSA) is 83.9 Å². The lowest BCUT2D eigenvalue weighted by Gasteiger charge is -2.24. The van der Waals surface area contributed by atoms with Gasteiger partial charge in [-0.05, 0) is 29.8 Å². The normalized spacial score (nSPS) is 14.5. The molecule has 1 atom stereocenters. The number of benzene rings is 2. The van der Waals surface area contributed by atoms with Crippen LogP contribution in [-0.4, -0.2) is 40.9 Å². The van der Waals surface area contributed by atoms with Crippen molar-refractivity contribution in [3.05, 3.63) is 65.2 Å². The molecule has 122 valence electrons. The maximum absolute atomic E-state index is 12.6. The molecule has 0 unspecified atom stereocenters. The summed E-state index contributed by atoms with van der Waals surface area (Å²) < 4.78 is 4.78. The standard InChI is InChI=1S/C18H15NO5/c1-24-18(23)15(10-11-5-4-6-12(20)9-11)19-16(21)13-7-2-3-8-14(13)17(19)22/h2-9,15,20H,10H2,1H3/t15-/m1/s1. The third-order valence-electron chi connectivity index (χ3n) is 3.95. The molecule has 0 saturated carbocycles. The number of carbonyl (C=O) groups is 3. The number of imide groups is 1. The fourth-order valence-electron chi connectivity index (χ4n) is 2.81. The second-order valence-electron chi connectivity index (χ2n) is 5.44. The summed E-state index contributed by atoms with van der Waals surface area (Å²) in [5.74, 6) is -1.69. The third kappa shape index (κ3) is 2.62. The molecule has 3 rings (SSSR count). The van der Waals surface area contributed by atoms with Crippen molar-refractivity contribution in [3.63, 3.8) is 0 Å². The van der Waals surface area contributed by atoms with Gasteiger partial charge in [-0.25, -0.2) is 4.79 Å². The van der Waals surface area contributed by atoms with Gasteiger partial charge in [0.15, 0.2) is 0 Å². The van der Waals surface area contributed by atoms with Crippen LogP contribution in [0.2, 0.25) is 0 Å². The number of hydrogen-bond acceptors (Lipinski definition) is 5. The molecule has 1 aliphatic rings. The summed E-state index contributed by atoms with van der Waals surface area (Å²) in [5, 5.41) is 9.57. The Hall–Kier alpha value is -3.15. The van der Waals surface area contributed by atoms with Gasteiger partial charge in [0.25, 0.3) is 11.8 Å². The first-order valence-corrected chi connectivity index (χ1v) is 7.35. The molecule has 0 bridgehead atoms. The highest BCUT2D eigenvalue weighted by molar-refractivity contribution is 6.22. The molecule has 2 aromatic rings. The lowest BCUT2D eigenvalue weighted by molar-refractivity contribution is -0.145. The smallest absolute Gasteiger partial charge is 0.329 e. The number of aromatic hydroxyl groups is 1. The molecule has 6 nitrogen and oxygen atoms in total. The lowest BCUT2D eigenvalue weighted by atomic mass is 10.0. The monoisotopic (exact) mass is 325 g/mol. The predicted molar refractivity (Wildman–Crippen MR) is 84.6 cm³/mol. The Morgan fingerprint density at radius 3 is 2.25 bits per heavy atom. The minimum atomic E-state index is -1.09. The van der Waals surface area contributed by atoms with Gasteiger partial charge in [-0.2, -0.15) is 0 Å². The van der Waals surface area contributed by atoms with E-state index in [1.54, 1.807) is 36.4 Å². The number of fused-ring (bicyclic) bond motifs is 1. The summed E-state index contributed by atoms with van der Waals surface area (Å²) in [7, 11) is 1.20. The van der Waals surface area contributed by atoms with E-state index in [4.69, 9.17) is 4.74 Å². The zero-order valence-corrected chi connectivity index (χ0v) is 12.9. The van der Waals surface area contributed by atoms with Crippen molar-refractivity contribution in [2.75, 3.05) is 7.11 Å². The van der Waals surface area contributed by atoms with Crippen molar-refractivity contribution < 1.29 is 24.2 Å². The van der Waals surface area contributed by atoms with Crippen molar-refractivity contribution in [2.24, 2.45) is 0 Å². The number of ether oxygens (including phenoxy) is 1. The summed E-state index contributed by atoms with van der Waals surface area (Å²) in [6.45, 7) is 0. The van der Waals surface area contributed by atoms with Gasteiger partial charge in [-0.3, -0.25) is 14.5 Å². The summed E-state index contributed by atoms with van der Waals surface area (Å²) in [4.78, 5) is 38.3. The van der Waals surface area contributed by atoms with Crippen LogP contribution in [0.4, 0.5) is 0 Å². The molecule has 0 saturated heterocycles. The molecule has 0 aliphatic carbocycles. The SMILES string of the molecule is COC(=O)[C@@H](Cc1cccc(O)c1)N1C(=O)c2ccccc2C1=O. The second kappa shape index (κ2) is 6.16. The average molecular weight is 325 g/mol. The quantitative estimate of drug-likeness (QED) is 0.684. The first-order valence-electron chi connectivity index (χ1n) is 7.35. The zero-order chi connectivity index (χ0) is 17.3. The minimum Gasteiger partial charge on any atom is -0.508 e. The Morgan fingerprint density at radius 2 is 1.71 bits per heavy atom. The van der Waals surface area contributed by atoms with Gasteiger partial charge in [-0.1, -0.05) is 24.3 Å². The Balaban J connectivity index is 1.97. The summed E-state index contributed by atoms with van der Waals surface area (Å²) in [6.07, 6.45) is 0.0620. The van der Waals surface area contributed by atoms with Crippen molar-refractivity contribution in [1.29, 1.82) is 0 Å². The van der Waals surface area contributed by atoms with E-state index in [1.807, 2.05) is 0 Å². The molecule has 2 amide bonds. The third-order valence-corrected chi connectivity index (χ3v) is 3.95. The van der Waals surface area contributed by atoms with Crippen LogP contribution in [-0.2, 0) is 16.0 Å². The first kappa shape index (κ1) is 15.7. The number of amides is 2. The van der Waals surface area contributed by atoms with E-state index < -0.39 is 23.8 Å². The molecule has 0 radical (unpaired) electrons. The minimum absolute atomic E-state index is 0.0403. The van der Waals surface area contributed by atoms with Crippen molar-refractivity contribution in [1.82, 2.24) is 4.90 Å². The number of esters is 1. The van der Waals surface area contributed by atoms with E-state index in [2.05, 4.69) is 0 Å². The molecule has 2 aromatic carbocycles. The van der Waals surface area contributed by atoms with Gasteiger partial charge in [0.05, 0.1) is 18.2 Å². The zero-order valence-electron chi connectivity index (χ0n) is 12.9. The van der Waals surface area contributed by atoms with E-state index >= 15 is 0 Å². The molecular formula is C18H15NO5. The van der Waals surface area contributed by atoms with Crippen LogP contribution in [0.15, 0.2) is 48.5 Å². The Bertz CT molecular complexity index is 795. The van der Waals surface area contributed by atoms with E-state index in [1.165, 1.54) is 19.2 Å². The van der Waals surface area contributed by atoms with Crippen LogP contribution in [0, 0.1) is 0 Å². The highest BCUT2D eigenvalue weighted by atomic mass is 16.5. The van der Waals surface area contributed by atoms with E-state index in [-0.39, 0.29) is 23.3 Å². The molecular weight excluding hydrogens is 310 g/mol. The molecule has 0 aromatic heterocycles. The molecule has 1 heterocycles. The van der Waals surface area contributed by atoms with Crippen molar-refractivity contribution in [2.45, 2.75) is 12.5 Å². The summed E-state index contributed by atoms with van der Waals surface area (Å²) in [5.41, 5.74) is 1.15. The molecule has 1 aliphatic heterocycles. The number of carbonyl (C=O) groups excluding carboxylic acids is 3. The van der Waals surface area contributed by atoms with Crippen molar-refractivity contribution >= 4 is 17.8 Å². The van der Waals surface area contributed by atoms with Crippen molar-refractivity contribution in [3.8, 4) is 5.75 Å². The fraction of sp³-hybridized carbons (Fsp3) is 0.167. The number of hydrogen-bond donors (Lipinski definition) is 1. The van der Waals surface area contributed by atoms with Gasteiger partial charge in [0, 0.05) is 6.42 Å². The molecule has 0 spiro atoms. The van der Waals surface area contributed by atoms with Crippen LogP contribution >= 0.6 is 0 Å². The Labute approximate surface area is 138 Å². The van der Waals surface area contributed by atoms with Gasteiger partial charge < -0.3 is 9.84 Å². The predicted octanol–water partition coefficient (Wildman–Crippen LogP) is 1.77. The summed E-state index contributed by atoms with van der Waals surface area (Å²) in [6, 6.07) is 11.6. The molecule has 0 fully saturated rings. The number of phenols is 1. The fourth-order valence-corrected chi connectivity index (χ4v) is 2.81. The largest absolute Gasteiger partial charge is 0.508 e. The number of rotatable bonds is 4. The van der Waals surface area contributed by atoms with Crippen LogP contribution in [0.5, 0.6) is 5.75 Å². The lowest BCUT2D eigenvalue weighted by Crippen LogP contribution is -2.46. The van der Waals surface area contributed by atoms with Gasteiger partial charge in [0.2, 0.25) is 0 Å². The highest BCUT2D eigenvalue weighted by Crippen LogP contribution is 2.26. The van der Waals surface area contributed by atoms with E-state index in [0.29, 0.717) is 5.56 Å². The van der Waals surface area contributed by atoms with Gasteiger partial charge >= 0.3 is 5.97 Å². The number of methoxy groups -OCH3 is 1. The highest BCUT2D eigenvalue weighted by Gasteiger charge is 2.43. The van der Waals surface area contributed by atoms with Crippen LogP contribution in [0.1, 0.15) is 26.3 Å². The Kier molecular flexibility index (Phi) is 4.04. The maximum atomic E-state index is 12.6. The van der Waals surface area contributed by atoms with Gasteiger partial charge in [-0.15, -0.1) is 0 Å². The van der Waals surface area contributed by atoms with E-state index in [9.17, 15) is 19.5 Å². The first-order chi connectivity index (χ1) is 11.5. The van der Waals surface area contributed by atoms with E-state index in [0.717, 1.165) is 4.90 Å². The Morgan fingerprint density at radius 1 is 1.08 bits per heavy atom. The number of phenolic OH excluding ortho intramolecular Hbond substituents is 1. The second-order valence-corrected chi connectivity index (χ2v) is 5.44. The van der Waals surface area contributed by atoms with Gasteiger partial charge in [0.1, 0.15) is 11.8 Å². The number of nitrogens with zero attached hydrogens (tertiary/aromatic N) is 1. The molecule has 24 heavy (non-hydrogen) atoms. The molecule has 1 N–H and O–H groups in total. The van der Waals surface area contributed by atoms with Crippen LogP contribution < -0.4 is 0 Å².